The van der Waals surface area contributed by atoms with Gasteiger partial charge in [-0.2, -0.15) is 4.68 Å². The van der Waals surface area contributed by atoms with E-state index in [1.165, 1.54) is 21.2 Å². The zero-order chi connectivity index (χ0) is 20.7. The van der Waals surface area contributed by atoms with Crippen LogP contribution >= 0.6 is 12.2 Å². The third-order valence-electron chi connectivity index (χ3n) is 6.23. The van der Waals surface area contributed by atoms with E-state index in [-0.39, 0.29) is 0 Å². The van der Waals surface area contributed by atoms with Crippen molar-refractivity contribution in [2.75, 3.05) is 26.2 Å². The highest BCUT2D eigenvalue weighted by Crippen LogP contribution is 2.17. The molecule has 1 aliphatic rings. The first-order valence-electron chi connectivity index (χ1n) is 10.7. The zero-order valence-corrected chi connectivity index (χ0v) is 18.4. The summed E-state index contributed by atoms with van der Waals surface area (Å²) in [6.45, 7) is 10.5. The molecule has 0 amide bonds. The fraction of sp³-hybridized carbons (Fsp3) is 0.348. The van der Waals surface area contributed by atoms with E-state index in [4.69, 9.17) is 12.2 Å². The Morgan fingerprint density at radius 3 is 2.53 bits per heavy atom. The highest BCUT2D eigenvalue weighted by Gasteiger charge is 2.24. The quantitative estimate of drug-likeness (QED) is 0.484. The molecule has 5 rings (SSSR count). The van der Waals surface area contributed by atoms with Crippen molar-refractivity contribution in [2.24, 2.45) is 0 Å². The monoisotopic (exact) mass is 420 g/mol. The van der Waals surface area contributed by atoms with Crippen LogP contribution in [0.15, 0.2) is 48.5 Å². The number of rotatable bonds is 4. The Labute approximate surface area is 181 Å². The number of aryl methyl sites for hydroxylation is 2. The molecule has 2 aromatic heterocycles. The fourth-order valence-corrected chi connectivity index (χ4v) is 4.99. The van der Waals surface area contributed by atoms with E-state index in [1.54, 1.807) is 4.90 Å². The highest BCUT2D eigenvalue weighted by molar-refractivity contribution is 7.71. The molecule has 154 valence electrons. The maximum Gasteiger partial charge on any atom is 0.254 e. The lowest BCUT2D eigenvalue weighted by molar-refractivity contribution is -1.03. The van der Waals surface area contributed by atoms with Crippen molar-refractivity contribution < 1.29 is 9.80 Å². The maximum absolute atomic E-state index is 5.69. The Bertz CT molecular complexity index is 1260. The molecule has 0 unspecified atom stereocenters. The minimum absolute atomic E-state index is 0.706. The lowest BCUT2D eigenvalue weighted by Crippen LogP contribution is -3.27. The van der Waals surface area contributed by atoms with Crippen molar-refractivity contribution in [3.05, 3.63) is 70.3 Å². The summed E-state index contributed by atoms with van der Waals surface area (Å²) in [4.78, 5) is 7.73. The number of nitrogens with one attached hydrogen (secondary N) is 2. The SMILES string of the molecule is Cc1cc(C)n2c(=S)n(C[NH+]3CC[NH+](Cc4cccc5ccccc45)CC3)nc2n1. The molecule has 2 N–H and O–H groups in total. The molecule has 0 atom stereocenters. The molecule has 4 aromatic rings. The average molecular weight is 421 g/mol. The van der Waals surface area contributed by atoms with Gasteiger partial charge in [-0.05, 0) is 42.9 Å². The van der Waals surface area contributed by atoms with E-state index in [0.717, 1.165) is 55.6 Å². The standard InChI is InChI=1S/C23H26N6S/c1-17-14-18(2)29-22(24-17)25-28(23(29)30)16-27-12-10-26(11-13-27)15-20-8-5-7-19-6-3-4-9-21(19)20/h3-9,14H,10-13,15-16H2,1-2H3/p+2. The molecule has 30 heavy (non-hydrogen) atoms. The van der Waals surface area contributed by atoms with Gasteiger partial charge < -0.3 is 9.80 Å². The van der Waals surface area contributed by atoms with Crippen LogP contribution in [0.2, 0.25) is 0 Å². The Morgan fingerprint density at radius 2 is 1.70 bits per heavy atom. The molecule has 0 bridgehead atoms. The van der Waals surface area contributed by atoms with Gasteiger partial charge in [0.15, 0.2) is 6.67 Å². The van der Waals surface area contributed by atoms with E-state index in [9.17, 15) is 0 Å². The Hall–Kier alpha value is -2.61. The summed E-state index contributed by atoms with van der Waals surface area (Å²) in [7, 11) is 0. The lowest BCUT2D eigenvalue weighted by atomic mass is 10.0. The molecule has 0 radical (unpaired) electrons. The Balaban J connectivity index is 1.26. The molecule has 1 aliphatic heterocycles. The van der Waals surface area contributed by atoms with Crippen LogP contribution in [-0.2, 0) is 13.2 Å². The number of benzene rings is 2. The van der Waals surface area contributed by atoms with Crippen molar-refractivity contribution in [2.45, 2.75) is 27.1 Å². The van der Waals surface area contributed by atoms with Gasteiger partial charge in [0.1, 0.15) is 32.7 Å². The molecule has 0 spiro atoms. The van der Waals surface area contributed by atoms with Crippen molar-refractivity contribution in [3.63, 3.8) is 0 Å². The van der Waals surface area contributed by atoms with Gasteiger partial charge in [0.05, 0.1) is 0 Å². The van der Waals surface area contributed by atoms with Crippen LogP contribution in [0.5, 0.6) is 0 Å². The van der Waals surface area contributed by atoms with Crippen LogP contribution in [0, 0.1) is 18.6 Å². The highest BCUT2D eigenvalue weighted by atomic mass is 32.1. The number of hydrogen-bond acceptors (Lipinski definition) is 3. The normalized spacial score (nSPS) is 19.5. The van der Waals surface area contributed by atoms with Gasteiger partial charge in [-0.3, -0.25) is 4.40 Å². The second kappa shape index (κ2) is 7.91. The van der Waals surface area contributed by atoms with Gasteiger partial charge in [-0.15, -0.1) is 5.10 Å². The molecule has 0 aliphatic carbocycles. The van der Waals surface area contributed by atoms with Crippen molar-refractivity contribution in [1.82, 2.24) is 19.2 Å². The smallest absolute Gasteiger partial charge is 0.254 e. The van der Waals surface area contributed by atoms with Crippen LogP contribution in [0.1, 0.15) is 17.0 Å². The van der Waals surface area contributed by atoms with Gasteiger partial charge in [-0.25, -0.2) is 4.98 Å². The number of fused-ring (bicyclic) bond motifs is 2. The molecule has 3 heterocycles. The van der Waals surface area contributed by atoms with Crippen molar-refractivity contribution in [1.29, 1.82) is 0 Å². The van der Waals surface area contributed by atoms with E-state index in [2.05, 4.69) is 65.5 Å². The summed E-state index contributed by atoms with van der Waals surface area (Å²) in [5, 5.41) is 7.40. The lowest BCUT2D eigenvalue weighted by Gasteiger charge is -2.29. The zero-order valence-electron chi connectivity index (χ0n) is 17.6. The molecular weight excluding hydrogens is 392 g/mol. The fourth-order valence-electron chi connectivity index (χ4n) is 4.66. The first-order chi connectivity index (χ1) is 14.6. The summed E-state index contributed by atoms with van der Waals surface area (Å²) in [6, 6.07) is 17.4. The molecule has 7 heteroatoms. The molecule has 6 nitrogen and oxygen atoms in total. The summed E-state index contributed by atoms with van der Waals surface area (Å²) in [6.07, 6.45) is 0. The minimum atomic E-state index is 0.706. The topological polar surface area (TPSA) is 44.0 Å². The molecule has 2 aromatic carbocycles. The average Bonchev–Trinajstić information content (AvgIpc) is 3.05. The Kier molecular flexibility index (Phi) is 5.10. The first-order valence-corrected chi connectivity index (χ1v) is 11.1. The number of nitrogens with zero attached hydrogens (tertiary/aromatic N) is 4. The van der Waals surface area contributed by atoms with E-state index in [0.29, 0.717) is 5.78 Å². The van der Waals surface area contributed by atoms with Crippen LogP contribution in [-0.4, -0.2) is 45.3 Å². The second-order valence-corrected chi connectivity index (χ2v) is 8.79. The predicted molar refractivity (Wildman–Crippen MR) is 120 cm³/mol. The Morgan fingerprint density at radius 1 is 0.967 bits per heavy atom. The molecule has 1 saturated heterocycles. The molecule has 1 fully saturated rings. The van der Waals surface area contributed by atoms with Crippen molar-refractivity contribution in [3.8, 4) is 0 Å². The van der Waals surface area contributed by atoms with Gasteiger partial charge in [0, 0.05) is 17.0 Å². The number of quaternary nitrogens is 2. The van der Waals surface area contributed by atoms with Crippen LogP contribution in [0.3, 0.4) is 0 Å². The third kappa shape index (κ3) is 3.64. The van der Waals surface area contributed by atoms with Gasteiger partial charge >= 0.3 is 0 Å². The number of aromatic nitrogens is 4. The second-order valence-electron chi connectivity index (χ2n) is 8.43. The van der Waals surface area contributed by atoms with Crippen LogP contribution in [0.4, 0.5) is 0 Å². The largest absolute Gasteiger partial charge is 0.322 e. The summed E-state index contributed by atoms with van der Waals surface area (Å²) >= 11 is 5.69. The van der Waals surface area contributed by atoms with Gasteiger partial charge in [-0.1, -0.05) is 42.5 Å². The molecular formula is C23H28N6S+2. The third-order valence-corrected chi connectivity index (χ3v) is 6.62. The maximum atomic E-state index is 5.69. The van der Waals surface area contributed by atoms with E-state index >= 15 is 0 Å². The summed E-state index contributed by atoms with van der Waals surface area (Å²) in [5.41, 5.74) is 3.52. The van der Waals surface area contributed by atoms with Crippen molar-refractivity contribution >= 4 is 28.8 Å². The minimum Gasteiger partial charge on any atom is -0.322 e. The van der Waals surface area contributed by atoms with Gasteiger partial charge in [0.2, 0.25) is 4.77 Å². The number of piperazine rings is 1. The van der Waals surface area contributed by atoms with Crippen LogP contribution < -0.4 is 9.80 Å². The van der Waals surface area contributed by atoms with E-state index in [1.807, 2.05) is 16.0 Å². The number of hydrogen-bond donors (Lipinski definition) is 2. The first kappa shape index (κ1) is 19.4. The summed E-state index contributed by atoms with van der Waals surface area (Å²) < 4.78 is 4.67. The molecule has 0 saturated carbocycles. The summed E-state index contributed by atoms with van der Waals surface area (Å²) in [5.74, 6) is 0.706. The predicted octanol–water partition coefficient (Wildman–Crippen LogP) is 0.971. The van der Waals surface area contributed by atoms with Gasteiger partial charge in [0.25, 0.3) is 5.78 Å². The van der Waals surface area contributed by atoms with Crippen LogP contribution in [0.25, 0.3) is 16.6 Å². The van der Waals surface area contributed by atoms with E-state index < -0.39 is 0 Å².